The van der Waals surface area contributed by atoms with Crippen LogP contribution >= 0.6 is 0 Å². The number of rotatable bonds is 6. The van der Waals surface area contributed by atoms with E-state index in [1.807, 2.05) is 0 Å². The van der Waals surface area contributed by atoms with Crippen molar-refractivity contribution in [2.24, 2.45) is 11.8 Å². The van der Waals surface area contributed by atoms with Gasteiger partial charge in [0, 0.05) is 0 Å². The Kier molecular flexibility index (Phi) is 6.62. The van der Waals surface area contributed by atoms with Gasteiger partial charge in [0.2, 0.25) is 0 Å². The third-order valence-electron chi connectivity index (χ3n) is 5.58. The molecule has 0 aliphatic heterocycles. The van der Waals surface area contributed by atoms with E-state index in [4.69, 9.17) is 0 Å². The monoisotopic (exact) mass is 434 g/mol. The Morgan fingerprint density at radius 1 is 0.833 bits per heavy atom. The van der Waals surface area contributed by atoms with E-state index in [0.717, 1.165) is 44.2 Å². The number of ether oxygens (including phenoxy) is 1. The zero-order chi connectivity index (χ0) is 22.1. The van der Waals surface area contributed by atoms with Gasteiger partial charge in [0.1, 0.15) is 0 Å². The molecule has 0 N–H and O–H groups in total. The number of hydrogen-bond donors (Lipinski definition) is 0. The maximum atomic E-state index is 14.3. The van der Waals surface area contributed by atoms with Gasteiger partial charge in [-0.25, -0.2) is 22.0 Å². The van der Waals surface area contributed by atoms with Crippen LogP contribution in [0.2, 0.25) is 0 Å². The van der Waals surface area contributed by atoms with Crippen LogP contribution in [0.25, 0.3) is 0 Å². The third kappa shape index (κ3) is 5.08. The largest absolute Gasteiger partial charge is 0.427 e. The molecular formula is C22H21F7O. The Balaban J connectivity index is 1.73. The van der Waals surface area contributed by atoms with Crippen LogP contribution in [0.3, 0.4) is 0 Å². The Hall–Kier alpha value is -2.25. The van der Waals surface area contributed by atoms with Crippen LogP contribution in [0.4, 0.5) is 30.7 Å². The topological polar surface area (TPSA) is 9.23 Å². The van der Waals surface area contributed by atoms with Gasteiger partial charge in [-0.1, -0.05) is 32.6 Å². The second kappa shape index (κ2) is 8.86. The third-order valence-corrected chi connectivity index (χ3v) is 5.58. The molecule has 0 bridgehead atoms. The standard InChI is InChI=1S/C22H21F7O/c1-12-2-4-13(5-3-12)6-7-14-8-18(25)21(19(26)9-14)30-22(28,29)15-10-16(23)20(27)17(24)11-15/h8-13H,2-7H2,1H3. The van der Waals surface area contributed by atoms with Gasteiger partial charge in [0.25, 0.3) is 0 Å². The Bertz CT molecular complexity index is 858. The van der Waals surface area contributed by atoms with Crippen molar-refractivity contribution < 1.29 is 35.5 Å². The van der Waals surface area contributed by atoms with Gasteiger partial charge in [-0.3, -0.25) is 0 Å². The van der Waals surface area contributed by atoms with E-state index in [9.17, 15) is 30.7 Å². The first-order valence-electron chi connectivity index (χ1n) is 9.76. The molecule has 1 fully saturated rings. The summed E-state index contributed by atoms with van der Waals surface area (Å²) in [6.07, 6.45) is 0.944. The van der Waals surface area contributed by atoms with Crippen LogP contribution in [-0.4, -0.2) is 0 Å². The summed E-state index contributed by atoms with van der Waals surface area (Å²) in [5.74, 6) is -8.64. The normalized spacial score (nSPS) is 19.7. The summed E-state index contributed by atoms with van der Waals surface area (Å²) in [6, 6.07) is 1.83. The van der Waals surface area contributed by atoms with Crippen molar-refractivity contribution in [2.45, 2.75) is 51.6 Å². The van der Waals surface area contributed by atoms with E-state index in [1.165, 1.54) is 0 Å². The molecule has 1 nitrogen and oxygen atoms in total. The van der Waals surface area contributed by atoms with Gasteiger partial charge < -0.3 is 4.74 Å². The molecule has 30 heavy (non-hydrogen) atoms. The number of hydrogen-bond acceptors (Lipinski definition) is 1. The van der Waals surface area contributed by atoms with Crippen molar-refractivity contribution in [3.63, 3.8) is 0 Å². The number of benzene rings is 2. The second-order valence-electron chi connectivity index (χ2n) is 7.93. The molecule has 0 atom stereocenters. The molecule has 1 saturated carbocycles. The average Bonchev–Trinajstić information content (AvgIpc) is 2.68. The molecule has 2 aromatic carbocycles. The fourth-order valence-electron chi connectivity index (χ4n) is 3.75. The minimum absolute atomic E-state index is 0.00756. The number of halogens is 7. The molecule has 0 radical (unpaired) electrons. The molecule has 8 heteroatoms. The number of aryl methyl sites for hydroxylation is 1. The highest BCUT2D eigenvalue weighted by molar-refractivity contribution is 5.33. The van der Waals surface area contributed by atoms with E-state index >= 15 is 0 Å². The van der Waals surface area contributed by atoms with E-state index in [0.29, 0.717) is 23.8 Å². The van der Waals surface area contributed by atoms with Crippen LogP contribution in [0.1, 0.15) is 50.2 Å². The summed E-state index contributed by atoms with van der Waals surface area (Å²) in [7, 11) is 0. The van der Waals surface area contributed by atoms with E-state index < -0.39 is 46.5 Å². The van der Waals surface area contributed by atoms with E-state index in [2.05, 4.69) is 11.7 Å². The molecule has 2 aromatic rings. The lowest BCUT2D eigenvalue weighted by Crippen LogP contribution is -2.24. The molecule has 0 unspecified atom stereocenters. The zero-order valence-electron chi connectivity index (χ0n) is 16.3. The van der Waals surface area contributed by atoms with Crippen molar-refractivity contribution in [3.05, 3.63) is 64.5 Å². The predicted octanol–water partition coefficient (Wildman–Crippen LogP) is 7.27. The van der Waals surface area contributed by atoms with Gasteiger partial charge in [-0.05, 0) is 54.5 Å². The predicted molar refractivity (Wildman–Crippen MR) is 96.6 cm³/mol. The fourth-order valence-corrected chi connectivity index (χ4v) is 3.75. The maximum absolute atomic E-state index is 14.3. The molecule has 0 amide bonds. The van der Waals surface area contributed by atoms with Gasteiger partial charge >= 0.3 is 6.11 Å². The van der Waals surface area contributed by atoms with Gasteiger partial charge in [0.05, 0.1) is 5.56 Å². The first kappa shape index (κ1) is 22.4. The van der Waals surface area contributed by atoms with Crippen LogP contribution in [0.15, 0.2) is 24.3 Å². The maximum Gasteiger partial charge on any atom is 0.427 e. The molecule has 0 heterocycles. The van der Waals surface area contributed by atoms with Crippen LogP contribution in [-0.2, 0) is 12.5 Å². The summed E-state index contributed by atoms with van der Waals surface area (Å²) in [4.78, 5) is 0. The first-order chi connectivity index (χ1) is 14.1. The van der Waals surface area contributed by atoms with E-state index in [1.54, 1.807) is 0 Å². The summed E-state index contributed by atoms with van der Waals surface area (Å²) >= 11 is 0. The Morgan fingerprint density at radius 3 is 1.90 bits per heavy atom. The van der Waals surface area contributed by atoms with Crippen molar-refractivity contribution in [1.82, 2.24) is 0 Å². The van der Waals surface area contributed by atoms with E-state index in [-0.39, 0.29) is 12.1 Å². The lowest BCUT2D eigenvalue weighted by atomic mass is 9.80. The quantitative estimate of drug-likeness (QED) is 0.343. The lowest BCUT2D eigenvalue weighted by molar-refractivity contribution is -0.188. The molecule has 3 rings (SSSR count). The van der Waals surface area contributed by atoms with Gasteiger partial charge in [0.15, 0.2) is 34.8 Å². The molecule has 1 aliphatic rings. The molecule has 0 aromatic heterocycles. The summed E-state index contributed by atoms with van der Waals surface area (Å²) in [6.45, 7) is 2.18. The van der Waals surface area contributed by atoms with Crippen LogP contribution in [0.5, 0.6) is 5.75 Å². The minimum atomic E-state index is -4.49. The number of alkyl halides is 2. The first-order valence-corrected chi connectivity index (χ1v) is 9.76. The van der Waals surface area contributed by atoms with Gasteiger partial charge in [-0.15, -0.1) is 0 Å². The zero-order valence-corrected chi connectivity index (χ0v) is 16.3. The SMILES string of the molecule is CC1CCC(CCc2cc(F)c(OC(F)(F)c3cc(F)c(F)c(F)c3)c(F)c2)CC1. The molecular weight excluding hydrogens is 413 g/mol. The molecule has 164 valence electrons. The highest BCUT2D eigenvalue weighted by atomic mass is 19.3. The lowest BCUT2D eigenvalue weighted by Gasteiger charge is -2.26. The molecule has 0 spiro atoms. The summed E-state index contributed by atoms with van der Waals surface area (Å²) in [5.41, 5.74) is -1.11. The van der Waals surface area contributed by atoms with Crippen LogP contribution < -0.4 is 4.74 Å². The fraction of sp³-hybridized carbons (Fsp3) is 0.455. The summed E-state index contributed by atoms with van der Waals surface area (Å²) in [5, 5.41) is 0. The second-order valence-corrected chi connectivity index (χ2v) is 7.93. The van der Waals surface area contributed by atoms with Crippen molar-refractivity contribution in [3.8, 4) is 5.75 Å². The highest BCUT2D eigenvalue weighted by Gasteiger charge is 2.38. The van der Waals surface area contributed by atoms with Crippen molar-refractivity contribution in [1.29, 1.82) is 0 Å². The average molecular weight is 434 g/mol. The summed E-state index contributed by atoms with van der Waals surface area (Å²) < 4.78 is 101. The molecule has 0 saturated heterocycles. The van der Waals surface area contributed by atoms with Crippen molar-refractivity contribution in [2.75, 3.05) is 0 Å². The minimum Gasteiger partial charge on any atom is -0.423 e. The highest BCUT2D eigenvalue weighted by Crippen LogP contribution is 2.37. The van der Waals surface area contributed by atoms with Gasteiger partial charge in [-0.2, -0.15) is 8.78 Å². The Labute approximate surface area is 169 Å². The Morgan fingerprint density at radius 2 is 1.37 bits per heavy atom. The van der Waals surface area contributed by atoms with Crippen LogP contribution in [0, 0.1) is 40.9 Å². The molecule has 1 aliphatic carbocycles. The smallest absolute Gasteiger partial charge is 0.423 e. The van der Waals surface area contributed by atoms with Crippen molar-refractivity contribution >= 4 is 0 Å².